The Balaban J connectivity index is 1.16. The number of rotatable bonds is 3. The van der Waals surface area contributed by atoms with E-state index in [1.165, 1.54) is 66.3 Å². The molecule has 0 bridgehead atoms. The number of benzene rings is 5. The molecule has 2 aliphatic carbocycles. The van der Waals surface area contributed by atoms with Gasteiger partial charge in [0, 0.05) is 38.8 Å². The number of H-pyrrole nitrogens is 1. The molecule has 2 heterocycles. The summed E-state index contributed by atoms with van der Waals surface area (Å²) in [5.41, 5.74) is 11.7. The number of aromatic amines is 1. The van der Waals surface area contributed by atoms with Crippen LogP contribution in [-0.4, -0.2) is 9.55 Å². The molecule has 2 aromatic heterocycles. The molecule has 3 atom stereocenters. The Morgan fingerprint density at radius 1 is 0.564 bits per heavy atom. The van der Waals surface area contributed by atoms with Crippen LogP contribution in [0, 0.1) is 5.92 Å². The van der Waals surface area contributed by atoms with Gasteiger partial charge in [-0.05, 0) is 76.6 Å². The largest absolute Gasteiger partial charge is 0.355 e. The quantitative estimate of drug-likeness (QED) is 0.250. The number of hydrogen-bond acceptors (Lipinski definition) is 0. The highest BCUT2D eigenvalue weighted by Crippen LogP contribution is 2.65. The van der Waals surface area contributed by atoms with E-state index in [1.54, 1.807) is 0 Å². The summed E-state index contributed by atoms with van der Waals surface area (Å²) in [6.45, 7) is 0. The van der Waals surface area contributed by atoms with Gasteiger partial charge in [-0.15, -0.1) is 0 Å². The molecular formula is C37H26N2. The molecule has 2 nitrogen and oxygen atoms in total. The Kier molecular flexibility index (Phi) is 4.25. The van der Waals surface area contributed by atoms with Crippen molar-refractivity contribution >= 4 is 38.8 Å². The summed E-state index contributed by atoms with van der Waals surface area (Å²) in [5, 5.41) is 4.02. The maximum Gasteiger partial charge on any atom is 0.0537 e. The highest BCUT2D eigenvalue weighted by Gasteiger charge is 2.53. The van der Waals surface area contributed by atoms with E-state index in [9.17, 15) is 0 Å². The molecule has 0 radical (unpaired) electrons. The maximum absolute atomic E-state index is 3.59. The highest BCUT2D eigenvalue weighted by atomic mass is 15.0. The van der Waals surface area contributed by atoms with Crippen molar-refractivity contribution in [2.24, 2.45) is 5.92 Å². The van der Waals surface area contributed by atoms with Gasteiger partial charge in [-0.1, -0.05) is 91.0 Å². The van der Waals surface area contributed by atoms with Crippen LogP contribution in [0.5, 0.6) is 0 Å². The molecule has 3 unspecified atom stereocenters. The van der Waals surface area contributed by atoms with Crippen LogP contribution in [-0.2, 0) is 0 Å². The third-order valence-corrected chi connectivity index (χ3v) is 8.98. The first-order chi connectivity index (χ1) is 19.3. The van der Waals surface area contributed by atoms with Crippen LogP contribution in [0.4, 0.5) is 0 Å². The standard InChI is InChI=1S/C37H26N2/c1-2-8-23(9-3-1)24-14-17-26(18-15-24)39-33-13-7-5-11-28(33)36-34(39)21-19-29-35(37(29)36)25-16-20-32-30(22-25)27-10-4-6-12-31(27)38-32/h1-22,29,35,37-38H. The normalized spacial score (nSPS) is 19.4. The average molecular weight is 499 g/mol. The fourth-order valence-corrected chi connectivity index (χ4v) is 7.16. The van der Waals surface area contributed by atoms with Crippen molar-refractivity contribution in [3.63, 3.8) is 0 Å². The van der Waals surface area contributed by atoms with Crippen molar-refractivity contribution in [1.82, 2.24) is 9.55 Å². The molecule has 0 spiro atoms. The summed E-state index contributed by atoms with van der Waals surface area (Å²) in [7, 11) is 0. The zero-order chi connectivity index (χ0) is 25.5. The molecule has 0 amide bonds. The minimum atomic E-state index is 0.514. The molecule has 1 fully saturated rings. The van der Waals surface area contributed by atoms with Crippen LogP contribution in [0.15, 0.2) is 127 Å². The Bertz CT molecular complexity index is 2070. The zero-order valence-electron chi connectivity index (χ0n) is 21.4. The Morgan fingerprint density at radius 3 is 2.15 bits per heavy atom. The summed E-state index contributed by atoms with van der Waals surface area (Å²) in [6.07, 6.45) is 4.84. The molecule has 2 heteroatoms. The van der Waals surface area contributed by atoms with Crippen LogP contribution >= 0.6 is 0 Å². The first-order valence-electron chi connectivity index (χ1n) is 13.8. The van der Waals surface area contributed by atoms with Crippen LogP contribution in [0.25, 0.3) is 55.6 Å². The topological polar surface area (TPSA) is 20.7 Å². The van der Waals surface area contributed by atoms with Gasteiger partial charge in [0.2, 0.25) is 0 Å². The lowest BCUT2D eigenvalue weighted by molar-refractivity contribution is 0.976. The Labute approximate surface area is 226 Å². The van der Waals surface area contributed by atoms with E-state index in [-0.39, 0.29) is 0 Å². The van der Waals surface area contributed by atoms with Crippen molar-refractivity contribution < 1.29 is 0 Å². The van der Waals surface area contributed by atoms with Crippen molar-refractivity contribution in [3.05, 3.63) is 144 Å². The second-order valence-electron chi connectivity index (χ2n) is 11.0. The molecule has 7 aromatic rings. The smallest absolute Gasteiger partial charge is 0.0537 e. The van der Waals surface area contributed by atoms with Gasteiger partial charge in [0.25, 0.3) is 0 Å². The minimum Gasteiger partial charge on any atom is -0.355 e. The van der Waals surface area contributed by atoms with Gasteiger partial charge in [-0.2, -0.15) is 0 Å². The highest BCUT2D eigenvalue weighted by molar-refractivity contribution is 6.07. The van der Waals surface area contributed by atoms with Gasteiger partial charge in [0.15, 0.2) is 0 Å². The van der Waals surface area contributed by atoms with Crippen LogP contribution in [0.1, 0.15) is 28.7 Å². The first-order valence-corrected chi connectivity index (χ1v) is 13.8. The van der Waals surface area contributed by atoms with E-state index < -0.39 is 0 Å². The van der Waals surface area contributed by atoms with Gasteiger partial charge in [0.05, 0.1) is 11.2 Å². The predicted octanol–water partition coefficient (Wildman–Crippen LogP) is 9.46. The van der Waals surface area contributed by atoms with E-state index in [4.69, 9.17) is 0 Å². The number of hydrogen-bond donors (Lipinski definition) is 1. The van der Waals surface area contributed by atoms with Gasteiger partial charge in [-0.3, -0.25) is 0 Å². The van der Waals surface area contributed by atoms with E-state index in [2.05, 4.69) is 143 Å². The van der Waals surface area contributed by atoms with Gasteiger partial charge >= 0.3 is 0 Å². The fourth-order valence-electron chi connectivity index (χ4n) is 7.16. The minimum absolute atomic E-state index is 0.514. The van der Waals surface area contributed by atoms with Gasteiger partial charge in [-0.25, -0.2) is 0 Å². The van der Waals surface area contributed by atoms with Crippen molar-refractivity contribution in [2.75, 3.05) is 0 Å². The number of para-hydroxylation sites is 2. The molecule has 184 valence electrons. The molecule has 0 aliphatic heterocycles. The van der Waals surface area contributed by atoms with E-state index in [0.717, 1.165) is 0 Å². The van der Waals surface area contributed by atoms with Crippen molar-refractivity contribution in [3.8, 4) is 16.8 Å². The molecule has 2 aliphatic rings. The summed E-state index contributed by atoms with van der Waals surface area (Å²) < 4.78 is 2.46. The lowest BCUT2D eigenvalue weighted by atomic mass is 9.99. The lowest BCUT2D eigenvalue weighted by Crippen LogP contribution is -1.99. The van der Waals surface area contributed by atoms with Crippen LogP contribution in [0.2, 0.25) is 0 Å². The molecule has 39 heavy (non-hydrogen) atoms. The molecule has 1 N–H and O–H groups in total. The van der Waals surface area contributed by atoms with E-state index >= 15 is 0 Å². The Hall–Kier alpha value is -4.82. The fraction of sp³-hybridized carbons (Fsp3) is 0.0811. The predicted molar refractivity (Wildman–Crippen MR) is 163 cm³/mol. The van der Waals surface area contributed by atoms with Crippen molar-refractivity contribution in [2.45, 2.75) is 11.8 Å². The number of aromatic nitrogens is 2. The lowest BCUT2D eigenvalue weighted by Gasteiger charge is -2.12. The number of fused-ring (bicyclic) bond motifs is 8. The molecule has 5 aromatic carbocycles. The second-order valence-corrected chi connectivity index (χ2v) is 11.0. The zero-order valence-corrected chi connectivity index (χ0v) is 21.4. The van der Waals surface area contributed by atoms with Crippen LogP contribution in [0.3, 0.4) is 0 Å². The monoisotopic (exact) mass is 498 g/mol. The molecule has 9 rings (SSSR count). The third-order valence-electron chi connectivity index (χ3n) is 8.98. The second kappa shape index (κ2) is 7.85. The summed E-state index contributed by atoms with van der Waals surface area (Å²) in [5.74, 6) is 1.59. The van der Waals surface area contributed by atoms with Crippen LogP contribution < -0.4 is 0 Å². The number of nitrogens with one attached hydrogen (secondary N) is 1. The van der Waals surface area contributed by atoms with Crippen molar-refractivity contribution in [1.29, 1.82) is 0 Å². The van der Waals surface area contributed by atoms with E-state index in [1.807, 2.05) is 0 Å². The maximum atomic E-state index is 3.59. The van der Waals surface area contributed by atoms with Gasteiger partial charge < -0.3 is 9.55 Å². The first kappa shape index (κ1) is 21.2. The van der Waals surface area contributed by atoms with Gasteiger partial charge in [0.1, 0.15) is 0 Å². The van der Waals surface area contributed by atoms with E-state index in [0.29, 0.717) is 17.8 Å². The summed E-state index contributed by atoms with van der Waals surface area (Å²) in [4.78, 5) is 3.59. The SMILES string of the molecule is C1=CC2C(c3ccc4[nH]c5ccccc5c4c3)C2c2c1n(-c1ccc(-c3ccccc3)cc1)c1ccccc21. The third kappa shape index (κ3) is 3.03. The Morgan fingerprint density at radius 2 is 1.28 bits per heavy atom. The summed E-state index contributed by atoms with van der Waals surface area (Å²) in [6, 6.07) is 44.3. The number of allylic oxidation sites excluding steroid dienone is 1. The summed E-state index contributed by atoms with van der Waals surface area (Å²) >= 11 is 0. The molecule has 0 saturated heterocycles. The number of nitrogens with zero attached hydrogens (tertiary/aromatic N) is 1. The molecule has 1 saturated carbocycles. The average Bonchev–Trinajstić information content (AvgIpc) is 3.47. The molecular weight excluding hydrogens is 472 g/mol.